The Kier molecular flexibility index (Phi) is 4.69. The zero-order valence-electron chi connectivity index (χ0n) is 7.91. The molecular formula is C9H11BrFNO2S. The van der Waals surface area contributed by atoms with Crippen LogP contribution in [0.3, 0.4) is 0 Å². The highest BCUT2D eigenvalue weighted by Crippen LogP contribution is 2.06. The van der Waals surface area contributed by atoms with Crippen molar-refractivity contribution in [1.82, 2.24) is 4.72 Å². The molecule has 1 aromatic carbocycles. The van der Waals surface area contributed by atoms with Gasteiger partial charge in [0.25, 0.3) is 0 Å². The Morgan fingerprint density at radius 2 is 1.87 bits per heavy atom. The van der Waals surface area contributed by atoms with E-state index in [-0.39, 0.29) is 11.6 Å². The number of nitrogens with one attached hydrogen (secondary N) is 1. The molecule has 0 saturated carbocycles. The summed E-state index contributed by atoms with van der Waals surface area (Å²) in [5.74, 6) is -0.495. The highest BCUT2D eigenvalue weighted by molar-refractivity contribution is 9.09. The number of hydrogen-bond acceptors (Lipinski definition) is 2. The molecule has 0 aliphatic rings. The second kappa shape index (κ2) is 5.58. The van der Waals surface area contributed by atoms with Crippen LogP contribution in [0.5, 0.6) is 0 Å². The van der Waals surface area contributed by atoms with E-state index in [1.54, 1.807) is 0 Å². The minimum atomic E-state index is -3.31. The number of benzene rings is 1. The minimum absolute atomic E-state index is 0.125. The van der Waals surface area contributed by atoms with E-state index < -0.39 is 10.0 Å². The summed E-state index contributed by atoms with van der Waals surface area (Å²) in [5.41, 5.74) is 0.568. The molecule has 0 aliphatic heterocycles. The molecule has 0 radical (unpaired) electrons. The second-order valence-electron chi connectivity index (χ2n) is 2.97. The second-order valence-corrected chi connectivity index (χ2v) is 5.57. The van der Waals surface area contributed by atoms with Gasteiger partial charge in [-0.3, -0.25) is 0 Å². The number of hydrogen-bond donors (Lipinski definition) is 1. The van der Waals surface area contributed by atoms with E-state index in [1.165, 1.54) is 24.3 Å². The summed E-state index contributed by atoms with van der Waals surface area (Å²) in [6.45, 7) is 0.351. The normalized spacial score (nSPS) is 11.6. The lowest BCUT2D eigenvalue weighted by Crippen LogP contribution is -2.26. The van der Waals surface area contributed by atoms with Gasteiger partial charge in [-0.15, -0.1) is 0 Å². The molecule has 0 aliphatic carbocycles. The molecule has 0 atom stereocenters. The van der Waals surface area contributed by atoms with Crippen LogP contribution in [0.1, 0.15) is 5.56 Å². The molecule has 15 heavy (non-hydrogen) atoms. The SMILES string of the molecule is O=S(=O)(Cc1ccc(F)cc1)NCCBr. The van der Waals surface area contributed by atoms with Crippen LogP contribution in [0, 0.1) is 5.82 Å². The molecular weight excluding hydrogens is 285 g/mol. The van der Waals surface area contributed by atoms with Crippen LogP contribution >= 0.6 is 15.9 Å². The zero-order chi connectivity index (χ0) is 11.3. The first kappa shape index (κ1) is 12.6. The first-order chi connectivity index (χ1) is 7.03. The van der Waals surface area contributed by atoms with Crippen LogP contribution in [0.15, 0.2) is 24.3 Å². The van der Waals surface area contributed by atoms with Crippen LogP contribution in [-0.2, 0) is 15.8 Å². The Balaban J connectivity index is 2.65. The lowest BCUT2D eigenvalue weighted by atomic mass is 10.2. The van der Waals surface area contributed by atoms with Crippen molar-refractivity contribution >= 4 is 26.0 Å². The molecule has 6 heteroatoms. The summed E-state index contributed by atoms with van der Waals surface area (Å²) in [5, 5.41) is 0.565. The highest BCUT2D eigenvalue weighted by atomic mass is 79.9. The van der Waals surface area contributed by atoms with Crippen molar-refractivity contribution in [2.45, 2.75) is 5.75 Å². The van der Waals surface area contributed by atoms with Gasteiger partial charge in [0.2, 0.25) is 10.0 Å². The minimum Gasteiger partial charge on any atom is -0.214 e. The molecule has 0 saturated heterocycles. The monoisotopic (exact) mass is 295 g/mol. The molecule has 0 amide bonds. The van der Waals surface area contributed by atoms with E-state index in [1.807, 2.05) is 0 Å². The summed E-state index contributed by atoms with van der Waals surface area (Å²) >= 11 is 3.12. The van der Waals surface area contributed by atoms with Crippen molar-refractivity contribution in [3.05, 3.63) is 35.6 Å². The van der Waals surface area contributed by atoms with E-state index in [9.17, 15) is 12.8 Å². The van der Waals surface area contributed by atoms with Gasteiger partial charge in [0.1, 0.15) is 5.82 Å². The van der Waals surface area contributed by atoms with Crippen LogP contribution in [0.4, 0.5) is 4.39 Å². The van der Waals surface area contributed by atoms with E-state index in [2.05, 4.69) is 20.7 Å². The summed E-state index contributed by atoms with van der Waals surface area (Å²) in [7, 11) is -3.31. The van der Waals surface area contributed by atoms with E-state index in [0.29, 0.717) is 17.4 Å². The molecule has 0 bridgehead atoms. The maximum atomic E-state index is 12.6. The molecule has 0 spiro atoms. The van der Waals surface area contributed by atoms with Crippen LogP contribution in [0.2, 0.25) is 0 Å². The fourth-order valence-electron chi connectivity index (χ4n) is 1.05. The van der Waals surface area contributed by atoms with Gasteiger partial charge in [-0.1, -0.05) is 28.1 Å². The maximum Gasteiger partial charge on any atom is 0.215 e. The van der Waals surface area contributed by atoms with E-state index in [0.717, 1.165) is 0 Å². The van der Waals surface area contributed by atoms with Crippen LogP contribution in [0.25, 0.3) is 0 Å². The Morgan fingerprint density at radius 3 is 2.40 bits per heavy atom. The van der Waals surface area contributed by atoms with Crippen molar-refractivity contribution in [2.75, 3.05) is 11.9 Å². The zero-order valence-corrected chi connectivity index (χ0v) is 10.3. The molecule has 0 unspecified atom stereocenters. The largest absolute Gasteiger partial charge is 0.215 e. The van der Waals surface area contributed by atoms with Crippen molar-refractivity contribution in [3.63, 3.8) is 0 Å². The van der Waals surface area contributed by atoms with Gasteiger partial charge in [-0.2, -0.15) is 0 Å². The molecule has 0 fully saturated rings. The third-order valence-electron chi connectivity index (χ3n) is 1.69. The van der Waals surface area contributed by atoms with Gasteiger partial charge in [0, 0.05) is 11.9 Å². The standard InChI is InChI=1S/C9H11BrFNO2S/c10-5-6-12-15(13,14)7-8-1-3-9(11)4-2-8/h1-4,12H,5-7H2. The quantitative estimate of drug-likeness (QED) is 0.840. The summed E-state index contributed by atoms with van der Waals surface area (Å²) in [6, 6.07) is 5.41. The average Bonchev–Trinajstić information content (AvgIpc) is 2.18. The van der Waals surface area contributed by atoms with Gasteiger partial charge < -0.3 is 0 Å². The summed E-state index contributed by atoms with van der Waals surface area (Å²) < 4.78 is 37.8. The van der Waals surface area contributed by atoms with Gasteiger partial charge in [-0.25, -0.2) is 17.5 Å². The fraction of sp³-hybridized carbons (Fsp3) is 0.333. The summed E-state index contributed by atoms with van der Waals surface area (Å²) in [6.07, 6.45) is 0. The third kappa shape index (κ3) is 4.72. The molecule has 0 heterocycles. The van der Waals surface area contributed by atoms with Crippen molar-refractivity contribution < 1.29 is 12.8 Å². The Hall–Kier alpha value is -0.460. The van der Waals surface area contributed by atoms with Crippen molar-refractivity contribution in [2.24, 2.45) is 0 Å². The molecule has 1 aromatic rings. The van der Waals surface area contributed by atoms with Gasteiger partial charge in [0.15, 0.2) is 0 Å². The lowest BCUT2D eigenvalue weighted by Gasteiger charge is -2.04. The van der Waals surface area contributed by atoms with Crippen LogP contribution in [-0.4, -0.2) is 20.3 Å². The smallest absolute Gasteiger partial charge is 0.214 e. The predicted octanol–water partition coefficient (Wildman–Crippen LogP) is 1.64. The van der Waals surface area contributed by atoms with Gasteiger partial charge in [-0.05, 0) is 17.7 Å². The van der Waals surface area contributed by atoms with Crippen LogP contribution < -0.4 is 4.72 Å². The number of rotatable bonds is 5. The van der Waals surface area contributed by atoms with Crippen molar-refractivity contribution in [1.29, 1.82) is 0 Å². The van der Waals surface area contributed by atoms with Gasteiger partial charge >= 0.3 is 0 Å². The number of halogens is 2. The van der Waals surface area contributed by atoms with E-state index in [4.69, 9.17) is 0 Å². The third-order valence-corrected chi connectivity index (χ3v) is 3.44. The molecule has 84 valence electrons. The summed E-state index contributed by atoms with van der Waals surface area (Å²) in [4.78, 5) is 0. The number of sulfonamides is 1. The Morgan fingerprint density at radius 1 is 1.27 bits per heavy atom. The predicted molar refractivity (Wildman–Crippen MR) is 60.8 cm³/mol. The maximum absolute atomic E-state index is 12.6. The topological polar surface area (TPSA) is 46.2 Å². The molecule has 0 aromatic heterocycles. The Labute approximate surface area is 96.9 Å². The Bertz CT molecular complexity index is 405. The molecule has 3 nitrogen and oxygen atoms in total. The first-order valence-corrected chi connectivity index (χ1v) is 7.08. The lowest BCUT2D eigenvalue weighted by molar-refractivity contribution is 0.583. The highest BCUT2D eigenvalue weighted by Gasteiger charge is 2.10. The van der Waals surface area contributed by atoms with E-state index >= 15 is 0 Å². The fourth-order valence-corrected chi connectivity index (χ4v) is 2.65. The average molecular weight is 296 g/mol. The molecule has 1 rings (SSSR count). The number of alkyl halides is 1. The first-order valence-electron chi connectivity index (χ1n) is 4.31. The van der Waals surface area contributed by atoms with Gasteiger partial charge in [0.05, 0.1) is 5.75 Å². The van der Waals surface area contributed by atoms with Crippen molar-refractivity contribution in [3.8, 4) is 0 Å². The molecule has 1 N–H and O–H groups in total.